The van der Waals surface area contributed by atoms with E-state index < -0.39 is 0 Å². The molecule has 1 saturated heterocycles. The van der Waals surface area contributed by atoms with Crippen LogP contribution in [0.15, 0.2) is 0 Å². The highest BCUT2D eigenvalue weighted by molar-refractivity contribution is 6.22. The van der Waals surface area contributed by atoms with Crippen molar-refractivity contribution in [3.63, 3.8) is 0 Å². The van der Waals surface area contributed by atoms with Crippen molar-refractivity contribution in [2.45, 2.75) is 50.9 Å². The molecule has 3 heteroatoms. The lowest BCUT2D eigenvalue weighted by Crippen LogP contribution is -2.45. The number of likely N-dealkylation sites (tertiary alicyclic amines) is 1. The SMILES string of the molecule is CC1CCCC(N2CC(Cl)CC2=O)C1C. The highest BCUT2D eigenvalue weighted by Gasteiger charge is 2.38. The minimum atomic E-state index is 0.0435. The molecule has 4 unspecified atom stereocenters. The predicted molar refractivity (Wildman–Crippen MR) is 61.9 cm³/mol. The molecule has 0 aromatic rings. The van der Waals surface area contributed by atoms with Crippen LogP contribution in [0.25, 0.3) is 0 Å². The van der Waals surface area contributed by atoms with Crippen LogP contribution in [0.1, 0.15) is 39.5 Å². The van der Waals surface area contributed by atoms with Crippen LogP contribution in [0.4, 0.5) is 0 Å². The third-order valence-electron chi connectivity index (χ3n) is 4.18. The van der Waals surface area contributed by atoms with Crippen LogP contribution >= 0.6 is 11.6 Å². The highest BCUT2D eigenvalue weighted by atomic mass is 35.5. The number of halogens is 1. The maximum absolute atomic E-state index is 11.8. The highest BCUT2D eigenvalue weighted by Crippen LogP contribution is 2.35. The summed E-state index contributed by atoms with van der Waals surface area (Å²) in [6.07, 6.45) is 4.27. The van der Waals surface area contributed by atoms with E-state index >= 15 is 0 Å². The van der Waals surface area contributed by atoms with E-state index in [0.29, 0.717) is 18.4 Å². The molecule has 0 spiro atoms. The molecule has 4 atom stereocenters. The van der Waals surface area contributed by atoms with Crippen LogP contribution in [-0.4, -0.2) is 28.8 Å². The molecule has 2 nitrogen and oxygen atoms in total. The molecule has 0 aromatic heterocycles. The Morgan fingerprint density at radius 1 is 1.33 bits per heavy atom. The van der Waals surface area contributed by atoms with Gasteiger partial charge in [-0.15, -0.1) is 11.6 Å². The lowest BCUT2D eigenvalue weighted by Gasteiger charge is -2.39. The van der Waals surface area contributed by atoms with Crippen LogP contribution in [0, 0.1) is 11.8 Å². The standard InChI is InChI=1S/C12H20ClNO/c1-8-4-3-5-11(9(8)2)14-7-10(13)6-12(14)15/h8-11H,3-7H2,1-2H3. The summed E-state index contributed by atoms with van der Waals surface area (Å²) in [6, 6.07) is 0.449. The Balaban J connectivity index is 2.06. The third kappa shape index (κ3) is 2.15. The molecule has 15 heavy (non-hydrogen) atoms. The van der Waals surface area contributed by atoms with Gasteiger partial charge in [-0.3, -0.25) is 4.79 Å². The van der Waals surface area contributed by atoms with E-state index in [4.69, 9.17) is 11.6 Å². The number of alkyl halides is 1. The van der Waals surface area contributed by atoms with Gasteiger partial charge in [-0.05, 0) is 18.3 Å². The zero-order valence-electron chi connectivity index (χ0n) is 9.58. The Morgan fingerprint density at radius 2 is 2.07 bits per heavy atom. The average molecular weight is 230 g/mol. The summed E-state index contributed by atoms with van der Waals surface area (Å²) in [5.74, 6) is 1.64. The average Bonchev–Trinajstić information content (AvgIpc) is 2.50. The molecule has 0 aromatic carbocycles. The number of carbonyl (C=O) groups excluding carboxylic acids is 1. The summed E-state index contributed by atoms with van der Waals surface area (Å²) >= 11 is 6.04. The minimum absolute atomic E-state index is 0.0435. The van der Waals surface area contributed by atoms with Gasteiger partial charge in [0.1, 0.15) is 0 Å². The van der Waals surface area contributed by atoms with E-state index in [1.165, 1.54) is 19.3 Å². The number of rotatable bonds is 1. The van der Waals surface area contributed by atoms with Crippen molar-refractivity contribution < 1.29 is 4.79 Å². The molecule has 1 aliphatic heterocycles. The van der Waals surface area contributed by atoms with E-state index in [1.807, 2.05) is 4.90 Å². The molecule has 86 valence electrons. The van der Waals surface area contributed by atoms with Crippen molar-refractivity contribution in [3.05, 3.63) is 0 Å². The monoisotopic (exact) mass is 229 g/mol. The maximum atomic E-state index is 11.8. The predicted octanol–water partition coefficient (Wildman–Crippen LogP) is 2.65. The van der Waals surface area contributed by atoms with E-state index in [9.17, 15) is 4.79 Å². The van der Waals surface area contributed by atoms with Crippen molar-refractivity contribution >= 4 is 17.5 Å². The quantitative estimate of drug-likeness (QED) is 0.633. The van der Waals surface area contributed by atoms with Gasteiger partial charge < -0.3 is 4.90 Å². The number of hydrogen-bond acceptors (Lipinski definition) is 1. The van der Waals surface area contributed by atoms with Gasteiger partial charge in [0.25, 0.3) is 0 Å². The largest absolute Gasteiger partial charge is 0.338 e. The Kier molecular flexibility index (Phi) is 3.24. The first-order chi connectivity index (χ1) is 7.09. The van der Waals surface area contributed by atoms with Gasteiger partial charge in [-0.2, -0.15) is 0 Å². The Bertz CT molecular complexity index is 256. The molecular formula is C12H20ClNO. The molecule has 1 amide bonds. The number of carbonyl (C=O) groups is 1. The molecule has 2 fully saturated rings. The first-order valence-electron chi connectivity index (χ1n) is 6.03. The van der Waals surface area contributed by atoms with Gasteiger partial charge in [0, 0.05) is 19.0 Å². The maximum Gasteiger partial charge on any atom is 0.224 e. The van der Waals surface area contributed by atoms with E-state index in [-0.39, 0.29) is 11.3 Å². The van der Waals surface area contributed by atoms with Crippen molar-refractivity contribution in [2.75, 3.05) is 6.54 Å². The third-order valence-corrected chi connectivity index (χ3v) is 4.47. The lowest BCUT2D eigenvalue weighted by atomic mass is 9.77. The summed E-state index contributed by atoms with van der Waals surface area (Å²) in [4.78, 5) is 13.8. The fourth-order valence-corrected chi connectivity index (χ4v) is 3.28. The summed E-state index contributed by atoms with van der Waals surface area (Å²) in [7, 11) is 0. The Labute approximate surface area is 97.0 Å². The molecule has 2 rings (SSSR count). The van der Waals surface area contributed by atoms with Crippen LogP contribution in [0.3, 0.4) is 0 Å². The van der Waals surface area contributed by atoms with Crippen molar-refractivity contribution in [1.29, 1.82) is 0 Å². The molecule has 1 saturated carbocycles. The normalized spacial score (nSPS) is 42.3. The second kappa shape index (κ2) is 4.32. The summed E-state index contributed by atoms with van der Waals surface area (Å²) in [6.45, 7) is 5.35. The van der Waals surface area contributed by atoms with Crippen LogP contribution in [-0.2, 0) is 4.79 Å². The molecular weight excluding hydrogens is 210 g/mol. The number of nitrogens with zero attached hydrogens (tertiary/aromatic N) is 1. The van der Waals surface area contributed by atoms with Gasteiger partial charge in [-0.1, -0.05) is 26.7 Å². The number of hydrogen-bond donors (Lipinski definition) is 0. The van der Waals surface area contributed by atoms with Crippen molar-refractivity contribution in [1.82, 2.24) is 4.90 Å². The minimum Gasteiger partial charge on any atom is -0.338 e. The zero-order chi connectivity index (χ0) is 11.0. The first kappa shape index (κ1) is 11.3. The molecule has 0 bridgehead atoms. The molecule has 1 heterocycles. The van der Waals surface area contributed by atoms with Crippen molar-refractivity contribution in [3.8, 4) is 0 Å². The summed E-state index contributed by atoms with van der Waals surface area (Å²) in [5, 5.41) is 0.0435. The van der Waals surface area contributed by atoms with E-state index in [1.54, 1.807) is 0 Å². The lowest BCUT2D eigenvalue weighted by molar-refractivity contribution is -0.131. The van der Waals surface area contributed by atoms with E-state index in [0.717, 1.165) is 12.5 Å². The molecule has 1 aliphatic carbocycles. The molecule has 2 aliphatic rings. The smallest absolute Gasteiger partial charge is 0.224 e. The molecule has 0 N–H and O–H groups in total. The molecule has 0 radical (unpaired) electrons. The Morgan fingerprint density at radius 3 is 2.67 bits per heavy atom. The van der Waals surface area contributed by atoms with Crippen LogP contribution in [0.5, 0.6) is 0 Å². The Hall–Kier alpha value is -0.240. The fraction of sp³-hybridized carbons (Fsp3) is 0.917. The fourth-order valence-electron chi connectivity index (χ4n) is 3.00. The van der Waals surface area contributed by atoms with E-state index in [2.05, 4.69) is 13.8 Å². The second-order valence-electron chi connectivity index (χ2n) is 5.18. The van der Waals surface area contributed by atoms with Crippen LogP contribution < -0.4 is 0 Å². The van der Waals surface area contributed by atoms with Gasteiger partial charge in [0.2, 0.25) is 5.91 Å². The summed E-state index contributed by atoms with van der Waals surface area (Å²) < 4.78 is 0. The zero-order valence-corrected chi connectivity index (χ0v) is 10.3. The van der Waals surface area contributed by atoms with Gasteiger partial charge in [-0.25, -0.2) is 0 Å². The van der Waals surface area contributed by atoms with Gasteiger partial charge >= 0.3 is 0 Å². The van der Waals surface area contributed by atoms with Crippen LogP contribution in [0.2, 0.25) is 0 Å². The summed E-state index contributed by atoms with van der Waals surface area (Å²) in [5.41, 5.74) is 0. The van der Waals surface area contributed by atoms with Gasteiger partial charge in [0.15, 0.2) is 0 Å². The number of amides is 1. The van der Waals surface area contributed by atoms with Crippen molar-refractivity contribution in [2.24, 2.45) is 11.8 Å². The topological polar surface area (TPSA) is 20.3 Å². The van der Waals surface area contributed by atoms with Gasteiger partial charge in [0.05, 0.1) is 5.38 Å². The second-order valence-corrected chi connectivity index (χ2v) is 5.80. The first-order valence-corrected chi connectivity index (χ1v) is 6.46.